The maximum atomic E-state index is 12.6. The summed E-state index contributed by atoms with van der Waals surface area (Å²) >= 11 is 1.56. The first kappa shape index (κ1) is 17.7. The molecule has 1 aliphatic rings. The van der Waals surface area contributed by atoms with Crippen molar-refractivity contribution in [3.63, 3.8) is 0 Å². The molecule has 0 radical (unpaired) electrons. The van der Waals surface area contributed by atoms with Crippen LogP contribution in [0.3, 0.4) is 0 Å². The molecule has 3 aromatic rings. The maximum absolute atomic E-state index is 12.6. The fourth-order valence-electron chi connectivity index (χ4n) is 3.45. The van der Waals surface area contributed by atoms with Crippen LogP contribution in [0.2, 0.25) is 0 Å². The molecule has 1 atom stereocenters. The highest BCUT2D eigenvalue weighted by molar-refractivity contribution is 7.13. The van der Waals surface area contributed by atoms with E-state index < -0.39 is 0 Å². The molecule has 140 valence electrons. The Labute approximate surface area is 160 Å². The number of amides is 1. The third kappa shape index (κ3) is 4.16. The van der Waals surface area contributed by atoms with E-state index in [9.17, 15) is 9.59 Å². The largest absolute Gasteiger partial charge is 0.342 e. The van der Waals surface area contributed by atoms with Crippen LogP contribution in [-0.4, -0.2) is 43.4 Å². The molecule has 0 aliphatic carbocycles. The fraction of sp³-hybridized carbons (Fsp3) is 0.368. The third-order valence-electron chi connectivity index (χ3n) is 4.84. The van der Waals surface area contributed by atoms with Crippen molar-refractivity contribution < 1.29 is 4.79 Å². The average Bonchev–Trinajstić information content (AvgIpc) is 3.39. The van der Waals surface area contributed by atoms with Crippen molar-refractivity contribution in [2.75, 3.05) is 13.1 Å². The van der Waals surface area contributed by atoms with Crippen LogP contribution in [0.5, 0.6) is 0 Å². The highest BCUT2D eigenvalue weighted by atomic mass is 32.1. The van der Waals surface area contributed by atoms with Crippen molar-refractivity contribution in [3.05, 3.63) is 58.5 Å². The molecule has 7 nitrogen and oxygen atoms in total. The predicted octanol–water partition coefficient (Wildman–Crippen LogP) is 2.49. The summed E-state index contributed by atoms with van der Waals surface area (Å²) < 4.78 is 1.91. The van der Waals surface area contributed by atoms with Gasteiger partial charge in [-0.1, -0.05) is 6.07 Å². The molecule has 0 aromatic carbocycles. The fourth-order valence-corrected chi connectivity index (χ4v) is 4.14. The zero-order valence-corrected chi connectivity index (χ0v) is 15.7. The van der Waals surface area contributed by atoms with Gasteiger partial charge in [-0.2, -0.15) is 0 Å². The summed E-state index contributed by atoms with van der Waals surface area (Å²) in [5.41, 5.74) is 0.555. The first-order chi connectivity index (χ1) is 13.2. The van der Waals surface area contributed by atoms with E-state index in [0.29, 0.717) is 31.0 Å². The zero-order valence-electron chi connectivity index (χ0n) is 14.9. The highest BCUT2D eigenvalue weighted by Gasteiger charge is 2.26. The van der Waals surface area contributed by atoms with Gasteiger partial charge in [0, 0.05) is 50.4 Å². The number of carbonyl (C=O) groups excluding carboxylic acids is 1. The Morgan fingerprint density at radius 2 is 2.33 bits per heavy atom. The van der Waals surface area contributed by atoms with Gasteiger partial charge in [0.1, 0.15) is 5.82 Å². The van der Waals surface area contributed by atoms with Crippen LogP contribution in [0.1, 0.15) is 31.0 Å². The van der Waals surface area contributed by atoms with Crippen LogP contribution in [-0.2, 0) is 11.3 Å². The van der Waals surface area contributed by atoms with Crippen LogP contribution in [0, 0.1) is 0 Å². The Kier molecular flexibility index (Phi) is 5.15. The molecule has 1 N–H and O–H groups in total. The quantitative estimate of drug-likeness (QED) is 0.734. The molecular weight excluding hydrogens is 362 g/mol. The lowest BCUT2D eigenvalue weighted by Gasteiger charge is -2.32. The third-order valence-corrected chi connectivity index (χ3v) is 5.73. The molecule has 1 amide bonds. The lowest BCUT2D eigenvalue weighted by molar-refractivity contribution is -0.132. The molecule has 27 heavy (non-hydrogen) atoms. The number of aromatic amines is 1. The number of nitrogens with zero attached hydrogens (tertiary/aromatic N) is 4. The smallest absolute Gasteiger partial charge is 0.251 e. The van der Waals surface area contributed by atoms with Gasteiger partial charge >= 0.3 is 0 Å². The van der Waals surface area contributed by atoms with Gasteiger partial charge < -0.3 is 14.5 Å². The minimum atomic E-state index is -0.146. The van der Waals surface area contributed by atoms with Gasteiger partial charge in [-0.05, 0) is 24.3 Å². The van der Waals surface area contributed by atoms with Gasteiger partial charge in [-0.15, -0.1) is 11.3 Å². The number of nitrogens with one attached hydrogen (secondary N) is 1. The Morgan fingerprint density at radius 1 is 1.41 bits per heavy atom. The van der Waals surface area contributed by atoms with Crippen molar-refractivity contribution in [2.45, 2.75) is 31.7 Å². The number of hydrogen-bond acceptors (Lipinski definition) is 5. The second-order valence-electron chi connectivity index (χ2n) is 6.72. The second kappa shape index (κ2) is 7.87. The molecule has 4 rings (SSSR count). The Bertz CT molecular complexity index is 949. The van der Waals surface area contributed by atoms with E-state index >= 15 is 0 Å². The maximum Gasteiger partial charge on any atom is 0.251 e. The van der Waals surface area contributed by atoms with E-state index in [-0.39, 0.29) is 17.4 Å². The molecule has 0 saturated carbocycles. The van der Waals surface area contributed by atoms with E-state index in [0.717, 1.165) is 24.3 Å². The first-order valence-electron chi connectivity index (χ1n) is 9.08. The van der Waals surface area contributed by atoms with Crippen LogP contribution in [0.15, 0.2) is 47.1 Å². The van der Waals surface area contributed by atoms with Gasteiger partial charge in [0.2, 0.25) is 5.91 Å². The van der Waals surface area contributed by atoms with Gasteiger partial charge in [-0.25, -0.2) is 9.97 Å². The number of rotatable bonds is 5. The van der Waals surface area contributed by atoms with E-state index in [1.165, 1.54) is 6.07 Å². The lowest BCUT2D eigenvalue weighted by Crippen LogP contribution is -2.40. The molecule has 0 unspecified atom stereocenters. The summed E-state index contributed by atoms with van der Waals surface area (Å²) in [6.07, 6.45) is 7.57. The highest BCUT2D eigenvalue weighted by Crippen LogP contribution is 2.27. The van der Waals surface area contributed by atoms with E-state index in [1.54, 1.807) is 23.9 Å². The number of H-pyrrole nitrogens is 1. The van der Waals surface area contributed by atoms with Gasteiger partial charge in [0.15, 0.2) is 0 Å². The predicted molar refractivity (Wildman–Crippen MR) is 104 cm³/mol. The number of aryl methyl sites for hydroxylation is 1. The molecule has 1 fully saturated rings. The van der Waals surface area contributed by atoms with Crippen LogP contribution in [0.4, 0.5) is 0 Å². The van der Waals surface area contributed by atoms with E-state index in [1.807, 2.05) is 33.2 Å². The summed E-state index contributed by atoms with van der Waals surface area (Å²) in [6, 6.07) is 5.44. The number of aromatic nitrogens is 4. The Morgan fingerprint density at radius 3 is 3.11 bits per heavy atom. The minimum absolute atomic E-state index is 0.0588. The number of thiophene rings is 1. The van der Waals surface area contributed by atoms with Gasteiger partial charge in [-0.3, -0.25) is 9.59 Å². The minimum Gasteiger partial charge on any atom is -0.342 e. The van der Waals surface area contributed by atoms with Crippen molar-refractivity contribution in [1.82, 2.24) is 24.4 Å². The molecule has 1 aliphatic heterocycles. The second-order valence-corrected chi connectivity index (χ2v) is 7.67. The molecular formula is C19H21N5O2S. The molecule has 1 saturated heterocycles. The van der Waals surface area contributed by atoms with Crippen molar-refractivity contribution in [2.24, 2.45) is 0 Å². The van der Waals surface area contributed by atoms with Crippen LogP contribution < -0.4 is 5.56 Å². The zero-order chi connectivity index (χ0) is 18.6. The molecule has 4 heterocycles. The monoisotopic (exact) mass is 383 g/mol. The SMILES string of the molecule is O=C(CCn1ccnc1)N1CCC[C@H](c2nc(-c3cccs3)cc(=O)[nH]2)C1. The summed E-state index contributed by atoms with van der Waals surface area (Å²) in [4.78, 5) is 39.1. The van der Waals surface area contributed by atoms with Gasteiger partial charge in [0.25, 0.3) is 5.56 Å². The Balaban J connectivity index is 1.46. The molecule has 0 spiro atoms. The van der Waals surface area contributed by atoms with Crippen LogP contribution >= 0.6 is 11.3 Å². The Hall–Kier alpha value is -2.74. The normalized spacial score (nSPS) is 17.2. The summed E-state index contributed by atoms with van der Waals surface area (Å²) in [6.45, 7) is 1.98. The van der Waals surface area contributed by atoms with Crippen molar-refractivity contribution in [3.8, 4) is 10.6 Å². The average molecular weight is 383 g/mol. The van der Waals surface area contributed by atoms with E-state index in [4.69, 9.17) is 0 Å². The molecule has 0 bridgehead atoms. The topological polar surface area (TPSA) is 83.9 Å². The summed E-state index contributed by atoms with van der Waals surface area (Å²) in [5.74, 6) is 0.867. The summed E-state index contributed by atoms with van der Waals surface area (Å²) in [5, 5.41) is 1.97. The number of imidazole rings is 1. The molecule has 8 heteroatoms. The van der Waals surface area contributed by atoms with Crippen LogP contribution in [0.25, 0.3) is 10.6 Å². The number of likely N-dealkylation sites (tertiary alicyclic amines) is 1. The van der Waals surface area contributed by atoms with Gasteiger partial charge in [0.05, 0.1) is 16.9 Å². The number of piperidine rings is 1. The molecule has 3 aromatic heterocycles. The lowest BCUT2D eigenvalue weighted by atomic mass is 9.96. The van der Waals surface area contributed by atoms with Crippen molar-refractivity contribution >= 4 is 17.2 Å². The number of carbonyl (C=O) groups is 1. The van der Waals surface area contributed by atoms with Crippen molar-refractivity contribution in [1.29, 1.82) is 0 Å². The first-order valence-corrected chi connectivity index (χ1v) is 9.95. The standard InChI is InChI=1S/C19H21N5O2S/c25-17-11-15(16-4-2-10-27-16)21-19(22-17)14-3-1-7-24(12-14)18(26)5-8-23-9-6-20-13-23/h2,4,6,9-11,13-14H,1,3,5,7-8,12H2,(H,21,22,25)/t14-/m0/s1. The summed E-state index contributed by atoms with van der Waals surface area (Å²) in [7, 11) is 0. The number of hydrogen-bond donors (Lipinski definition) is 1. The van der Waals surface area contributed by atoms with E-state index in [2.05, 4.69) is 15.0 Å².